The minimum atomic E-state index is 0.605. The lowest BCUT2D eigenvalue weighted by Gasteiger charge is -2.13. The van der Waals surface area contributed by atoms with Crippen LogP contribution in [-0.4, -0.2) is 13.1 Å². The van der Waals surface area contributed by atoms with Crippen molar-refractivity contribution < 1.29 is 4.42 Å². The van der Waals surface area contributed by atoms with Gasteiger partial charge in [0, 0.05) is 17.8 Å². The van der Waals surface area contributed by atoms with Crippen molar-refractivity contribution in [3.05, 3.63) is 36.1 Å². The molecule has 0 bridgehead atoms. The molecule has 17 heavy (non-hydrogen) atoms. The Morgan fingerprint density at radius 3 is 2.76 bits per heavy atom. The molecule has 1 heterocycles. The Morgan fingerprint density at radius 2 is 2.06 bits per heavy atom. The Kier molecular flexibility index (Phi) is 4.21. The zero-order chi connectivity index (χ0) is 12.1. The number of para-hydroxylation sites is 1. The zero-order valence-electron chi connectivity index (χ0n) is 10.7. The molecule has 2 rings (SSSR count). The molecule has 0 aliphatic carbocycles. The van der Waals surface area contributed by atoms with Gasteiger partial charge in [-0.2, -0.15) is 0 Å². The Bertz CT molecular complexity index is 428. The highest BCUT2D eigenvalue weighted by molar-refractivity contribution is 5.77. The van der Waals surface area contributed by atoms with E-state index in [-0.39, 0.29) is 0 Å². The number of rotatable bonds is 6. The van der Waals surface area contributed by atoms with E-state index in [1.54, 1.807) is 0 Å². The molecule has 1 atom stereocenters. The van der Waals surface area contributed by atoms with Gasteiger partial charge in [0.1, 0.15) is 11.3 Å². The van der Waals surface area contributed by atoms with Crippen molar-refractivity contribution in [3.8, 4) is 0 Å². The summed E-state index contributed by atoms with van der Waals surface area (Å²) < 4.78 is 5.81. The predicted molar refractivity (Wildman–Crippen MR) is 72.3 cm³/mol. The van der Waals surface area contributed by atoms with Crippen LogP contribution in [-0.2, 0) is 6.42 Å². The number of nitrogens with one attached hydrogen (secondary N) is 1. The van der Waals surface area contributed by atoms with Crippen LogP contribution in [0.25, 0.3) is 11.0 Å². The van der Waals surface area contributed by atoms with Crippen LogP contribution < -0.4 is 5.32 Å². The fourth-order valence-corrected chi connectivity index (χ4v) is 2.26. The topological polar surface area (TPSA) is 25.2 Å². The standard InChI is InChI=1S/C15H21NO/c1-3-6-13(16-2)9-10-14-11-12-7-4-5-8-15(12)17-14/h4-5,7-8,11,13,16H,3,6,9-10H2,1-2H3. The van der Waals surface area contributed by atoms with Crippen molar-refractivity contribution in [2.24, 2.45) is 0 Å². The van der Waals surface area contributed by atoms with Crippen LogP contribution in [0.5, 0.6) is 0 Å². The van der Waals surface area contributed by atoms with Gasteiger partial charge in [0.15, 0.2) is 0 Å². The maximum atomic E-state index is 5.81. The highest BCUT2D eigenvalue weighted by atomic mass is 16.3. The summed E-state index contributed by atoms with van der Waals surface area (Å²) >= 11 is 0. The van der Waals surface area contributed by atoms with Crippen molar-refractivity contribution >= 4 is 11.0 Å². The summed E-state index contributed by atoms with van der Waals surface area (Å²) in [5, 5.41) is 4.57. The number of benzene rings is 1. The minimum absolute atomic E-state index is 0.605. The molecule has 0 amide bonds. The zero-order valence-corrected chi connectivity index (χ0v) is 10.7. The van der Waals surface area contributed by atoms with Crippen molar-refractivity contribution in [2.45, 2.75) is 38.6 Å². The highest BCUT2D eigenvalue weighted by Gasteiger charge is 2.08. The van der Waals surface area contributed by atoms with Gasteiger partial charge in [0.2, 0.25) is 0 Å². The molecule has 0 aliphatic heterocycles. The number of fused-ring (bicyclic) bond motifs is 1. The Balaban J connectivity index is 1.98. The summed E-state index contributed by atoms with van der Waals surface area (Å²) in [5.41, 5.74) is 0.999. The first-order valence-corrected chi connectivity index (χ1v) is 6.48. The molecule has 0 fully saturated rings. The minimum Gasteiger partial charge on any atom is -0.461 e. The molecule has 0 radical (unpaired) electrons. The van der Waals surface area contributed by atoms with Crippen molar-refractivity contribution in [2.75, 3.05) is 7.05 Å². The average Bonchev–Trinajstić information content (AvgIpc) is 2.77. The molecule has 0 saturated carbocycles. The molecule has 0 aliphatic rings. The third kappa shape index (κ3) is 3.10. The first-order valence-electron chi connectivity index (χ1n) is 6.48. The van der Waals surface area contributed by atoms with E-state index in [9.17, 15) is 0 Å². The summed E-state index contributed by atoms with van der Waals surface area (Å²) in [4.78, 5) is 0. The molecule has 1 aromatic heterocycles. The first-order chi connectivity index (χ1) is 8.33. The van der Waals surface area contributed by atoms with Crippen molar-refractivity contribution in [3.63, 3.8) is 0 Å². The lowest BCUT2D eigenvalue weighted by molar-refractivity contribution is 0.454. The molecule has 2 heteroatoms. The lowest BCUT2D eigenvalue weighted by atomic mass is 10.1. The second-order valence-electron chi connectivity index (χ2n) is 4.56. The van der Waals surface area contributed by atoms with Crippen LogP contribution in [0.1, 0.15) is 31.9 Å². The number of furan rings is 1. The maximum Gasteiger partial charge on any atom is 0.134 e. The van der Waals surface area contributed by atoms with Gasteiger partial charge in [-0.1, -0.05) is 31.5 Å². The smallest absolute Gasteiger partial charge is 0.134 e. The van der Waals surface area contributed by atoms with Gasteiger partial charge in [-0.05, 0) is 32.0 Å². The van der Waals surface area contributed by atoms with Gasteiger partial charge >= 0.3 is 0 Å². The van der Waals surface area contributed by atoms with E-state index in [4.69, 9.17) is 4.42 Å². The highest BCUT2D eigenvalue weighted by Crippen LogP contribution is 2.20. The second kappa shape index (κ2) is 5.87. The summed E-state index contributed by atoms with van der Waals surface area (Å²) in [6, 6.07) is 11.0. The van der Waals surface area contributed by atoms with Crippen LogP contribution in [0.15, 0.2) is 34.7 Å². The van der Waals surface area contributed by atoms with Crippen LogP contribution in [0.4, 0.5) is 0 Å². The average molecular weight is 231 g/mol. The molecule has 1 aromatic carbocycles. The van der Waals surface area contributed by atoms with Gasteiger partial charge in [-0.25, -0.2) is 0 Å². The molecule has 2 nitrogen and oxygen atoms in total. The summed E-state index contributed by atoms with van der Waals surface area (Å²) in [6.45, 7) is 2.23. The molecule has 1 unspecified atom stereocenters. The van der Waals surface area contributed by atoms with Gasteiger partial charge in [0.25, 0.3) is 0 Å². The fourth-order valence-electron chi connectivity index (χ4n) is 2.26. The van der Waals surface area contributed by atoms with Crippen molar-refractivity contribution in [1.29, 1.82) is 0 Å². The molecular weight excluding hydrogens is 210 g/mol. The molecule has 0 saturated heterocycles. The van der Waals surface area contributed by atoms with Crippen LogP contribution >= 0.6 is 0 Å². The van der Waals surface area contributed by atoms with E-state index in [2.05, 4.69) is 30.4 Å². The van der Waals surface area contributed by atoms with E-state index in [0.717, 1.165) is 24.2 Å². The normalized spacial score (nSPS) is 13.1. The van der Waals surface area contributed by atoms with E-state index in [1.807, 2.05) is 19.2 Å². The number of hydrogen-bond acceptors (Lipinski definition) is 2. The Labute approximate surface area is 103 Å². The molecule has 92 valence electrons. The van der Waals surface area contributed by atoms with E-state index in [1.165, 1.54) is 18.2 Å². The summed E-state index contributed by atoms with van der Waals surface area (Å²) in [6.07, 6.45) is 4.62. The maximum absolute atomic E-state index is 5.81. The van der Waals surface area contributed by atoms with Gasteiger partial charge < -0.3 is 9.73 Å². The molecule has 0 spiro atoms. The fraction of sp³-hybridized carbons (Fsp3) is 0.467. The SMILES string of the molecule is CCCC(CCc1cc2ccccc2o1)NC. The van der Waals surface area contributed by atoms with Crippen LogP contribution in [0.3, 0.4) is 0 Å². The monoisotopic (exact) mass is 231 g/mol. The summed E-state index contributed by atoms with van der Waals surface area (Å²) in [5.74, 6) is 1.10. The van der Waals surface area contributed by atoms with Crippen molar-refractivity contribution in [1.82, 2.24) is 5.32 Å². The molecule has 2 aromatic rings. The van der Waals surface area contributed by atoms with E-state index >= 15 is 0 Å². The third-order valence-corrected chi connectivity index (χ3v) is 3.26. The number of hydrogen-bond donors (Lipinski definition) is 1. The summed E-state index contributed by atoms with van der Waals surface area (Å²) in [7, 11) is 2.04. The first kappa shape index (κ1) is 12.2. The van der Waals surface area contributed by atoms with Gasteiger partial charge in [-0.3, -0.25) is 0 Å². The van der Waals surface area contributed by atoms with Crippen LogP contribution in [0, 0.1) is 0 Å². The lowest BCUT2D eigenvalue weighted by Crippen LogP contribution is -2.25. The van der Waals surface area contributed by atoms with Crippen LogP contribution in [0.2, 0.25) is 0 Å². The molecular formula is C15H21NO. The Hall–Kier alpha value is -1.28. The number of aryl methyl sites for hydroxylation is 1. The quantitative estimate of drug-likeness (QED) is 0.819. The predicted octanol–water partition coefficient (Wildman–Crippen LogP) is 3.75. The van der Waals surface area contributed by atoms with Gasteiger partial charge in [0.05, 0.1) is 0 Å². The van der Waals surface area contributed by atoms with E-state index < -0.39 is 0 Å². The Morgan fingerprint density at radius 1 is 1.24 bits per heavy atom. The van der Waals surface area contributed by atoms with Gasteiger partial charge in [-0.15, -0.1) is 0 Å². The largest absolute Gasteiger partial charge is 0.461 e. The molecule has 1 N–H and O–H groups in total. The third-order valence-electron chi connectivity index (χ3n) is 3.26. The second-order valence-corrected chi connectivity index (χ2v) is 4.56. The van der Waals surface area contributed by atoms with E-state index in [0.29, 0.717) is 6.04 Å².